The zero-order chi connectivity index (χ0) is 34.1. The van der Waals surface area contributed by atoms with Crippen molar-refractivity contribution < 1.29 is 116 Å². The van der Waals surface area contributed by atoms with Crippen LogP contribution in [-0.2, 0) is 0 Å². The number of hydrogen-bond acceptors (Lipinski definition) is 2. The first-order valence-corrected chi connectivity index (χ1v) is 9.09. The van der Waals surface area contributed by atoms with E-state index in [0.29, 0.717) is 0 Å². The zero-order valence-electron chi connectivity index (χ0n) is 18.1. The first-order valence-electron chi connectivity index (χ1n) is 9.09. The summed E-state index contributed by atoms with van der Waals surface area (Å²) in [5.74, 6) is -80.0. The summed E-state index contributed by atoms with van der Waals surface area (Å²) < 4.78 is 315. The van der Waals surface area contributed by atoms with Gasteiger partial charge >= 0.3 is 65.7 Å². The Kier molecular flexibility index (Phi) is 9.46. The van der Waals surface area contributed by atoms with Crippen LogP contribution in [0.1, 0.15) is 12.8 Å². The fourth-order valence-corrected chi connectivity index (χ4v) is 2.66. The summed E-state index contributed by atoms with van der Waals surface area (Å²) in [6.07, 6.45) is -21.4. The maximum atomic E-state index is 13.8. The second-order valence-electron chi connectivity index (χ2n) is 8.15. The van der Waals surface area contributed by atoms with Crippen molar-refractivity contribution in [2.24, 2.45) is 0 Å². The van der Waals surface area contributed by atoms with E-state index in [1.165, 1.54) is 0 Å². The van der Waals surface area contributed by atoms with Gasteiger partial charge in [0, 0.05) is 6.42 Å². The van der Waals surface area contributed by atoms with E-state index in [1.807, 2.05) is 0 Å². The van der Waals surface area contributed by atoms with Gasteiger partial charge in [-0.25, -0.2) is 0 Å². The van der Waals surface area contributed by atoms with Gasteiger partial charge in [-0.05, 0) is 0 Å². The molecule has 41 heavy (non-hydrogen) atoms. The van der Waals surface area contributed by atoms with Crippen LogP contribution in [0.15, 0.2) is 0 Å². The van der Waals surface area contributed by atoms with Crippen LogP contribution in [0.4, 0.5) is 105 Å². The third-order valence-corrected chi connectivity index (χ3v) is 4.95. The Morgan fingerprint density at radius 1 is 0.341 bits per heavy atom. The molecule has 0 aromatic heterocycles. The van der Waals surface area contributed by atoms with Crippen molar-refractivity contribution >= 4 is 0 Å². The lowest BCUT2D eigenvalue weighted by Gasteiger charge is -2.45. The average molecular weight is 676 g/mol. The van der Waals surface area contributed by atoms with Crippen molar-refractivity contribution in [1.29, 1.82) is 0 Å². The smallest absolute Gasteiger partial charge is 0.393 e. The van der Waals surface area contributed by atoms with E-state index >= 15 is 0 Å². The van der Waals surface area contributed by atoms with Crippen molar-refractivity contribution in [1.82, 2.24) is 0 Å². The first-order chi connectivity index (χ1) is 17.2. The van der Waals surface area contributed by atoms with Crippen LogP contribution in [0, 0.1) is 0 Å². The SMILES string of the molecule is OCC(O)(CC(F)(F)F)CC(F)(F)C(F)(F)C(F)(F)C(F)(F)C(F)(F)C(F)(F)C(F)(F)C(F)(F)C(F)(F)C(F)(F)F. The molecule has 0 bridgehead atoms. The summed E-state index contributed by atoms with van der Waals surface area (Å²) in [4.78, 5) is 0. The van der Waals surface area contributed by atoms with Gasteiger partial charge in [0.15, 0.2) is 0 Å². The van der Waals surface area contributed by atoms with E-state index in [0.717, 1.165) is 0 Å². The highest BCUT2D eigenvalue weighted by Gasteiger charge is 2.97. The van der Waals surface area contributed by atoms with Gasteiger partial charge in [-0.1, -0.05) is 0 Å². The maximum Gasteiger partial charge on any atom is 0.460 e. The highest BCUT2D eigenvalue weighted by molar-refractivity contribution is 5.18. The van der Waals surface area contributed by atoms with E-state index in [9.17, 15) is 105 Å². The van der Waals surface area contributed by atoms with Crippen LogP contribution in [0.5, 0.6) is 0 Å². The minimum atomic E-state index is -9.41. The maximum absolute atomic E-state index is 13.8. The minimum absolute atomic E-state index is 2.79. The molecule has 0 aliphatic heterocycles. The van der Waals surface area contributed by atoms with Gasteiger partial charge < -0.3 is 10.2 Å². The Balaban J connectivity index is 7.08. The lowest BCUT2D eigenvalue weighted by atomic mass is 9.83. The normalized spacial score (nSPS) is 18.0. The predicted octanol–water partition coefficient (Wildman–Crippen LogP) is 7.33. The molecule has 0 amide bonds. The lowest BCUT2D eigenvalue weighted by molar-refractivity contribution is -0.474. The van der Waals surface area contributed by atoms with Gasteiger partial charge in [-0.2, -0.15) is 105 Å². The van der Waals surface area contributed by atoms with E-state index in [2.05, 4.69) is 0 Å². The van der Waals surface area contributed by atoms with E-state index in [4.69, 9.17) is 10.2 Å². The fourth-order valence-electron chi connectivity index (χ4n) is 2.66. The van der Waals surface area contributed by atoms with Gasteiger partial charge in [-0.15, -0.1) is 0 Å². The summed E-state index contributed by atoms with van der Waals surface area (Å²) in [5, 5.41) is 17.6. The number of alkyl halides is 24. The third kappa shape index (κ3) is 5.65. The summed E-state index contributed by atoms with van der Waals surface area (Å²) >= 11 is 0. The van der Waals surface area contributed by atoms with Crippen molar-refractivity contribution in [2.75, 3.05) is 6.61 Å². The fraction of sp³-hybridized carbons (Fsp3) is 1.00. The van der Waals surface area contributed by atoms with Crippen LogP contribution in [0.25, 0.3) is 0 Å². The second-order valence-corrected chi connectivity index (χ2v) is 8.15. The third-order valence-electron chi connectivity index (χ3n) is 4.95. The highest BCUT2D eigenvalue weighted by atomic mass is 19.4. The molecule has 2 N–H and O–H groups in total. The van der Waals surface area contributed by atoms with Crippen molar-refractivity contribution in [3.63, 3.8) is 0 Å². The first kappa shape index (κ1) is 39.2. The molecule has 0 aromatic rings. The molecule has 0 heterocycles. The molecular weight excluding hydrogens is 668 g/mol. The topological polar surface area (TPSA) is 40.5 Å². The highest BCUT2D eigenvalue weighted by Crippen LogP contribution is 2.66. The van der Waals surface area contributed by atoms with Crippen LogP contribution in [0.3, 0.4) is 0 Å². The molecule has 0 spiro atoms. The second kappa shape index (κ2) is 9.89. The minimum Gasteiger partial charge on any atom is -0.393 e. The molecule has 0 fully saturated rings. The summed E-state index contributed by atoms with van der Waals surface area (Å²) in [5.41, 5.74) is -4.79. The van der Waals surface area contributed by atoms with Gasteiger partial charge in [0.25, 0.3) is 0 Å². The Labute approximate surface area is 207 Å². The van der Waals surface area contributed by atoms with Gasteiger partial charge in [0.05, 0.1) is 13.0 Å². The molecule has 248 valence electrons. The molecule has 0 rings (SSSR count). The number of rotatable bonds is 12. The average Bonchev–Trinajstić information content (AvgIpc) is 2.69. The van der Waals surface area contributed by atoms with Gasteiger partial charge in [0.1, 0.15) is 5.60 Å². The summed E-state index contributed by atoms with van der Waals surface area (Å²) in [6.45, 7) is -2.79. The number of hydrogen-bond donors (Lipinski definition) is 2. The van der Waals surface area contributed by atoms with Crippen molar-refractivity contribution in [2.45, 2.75) is 84.1 Å². The zero-order valence-corrected chi connectivity index (χ0v) is 18.1. The van der Waals surface area contributed by atoms with Gasteiger partial charge in [0.2, 0.25) is 0 Å². The van der Waals surface area contributed by atoms with Crippen LogP contribution < -0.4 is 0 Å². The van der Waals surface area contributed by atoms with E-state index in [1.54, 1.807) is 0 Å². The molecule has 1 atom stereocenters. The Hall–Kier alpha value is -1.76. The molecule has 0 aromatic carbocycles. The van der Waals surface area contributed by atoms with Gasteiger partial charge in [-0.3, -0.25) is 0 Å². The molecule has 0 radical (unpaired) electrons. The van der Waals surface area contributed by atoms with E-state index in [-0.39, 0.29) is 0 Å². The molecule has 0 saturated carbocycles. The Morgan fingerprint density at radius 3 is 0.805 bits per heavy atom. The molecule has 0 aliphatic carbocycles. The predicted molar refractivity (Wildman–Crippen MR) is 77.9 cm³/mol. The lowest BCUT2D eigenvalue weighted by Crippen LogP contribution is -2.77. The van der Waals surface area contributed by atoms with Crippen LogP contribution in [0.2, 0.25) is 0 Å². The standard InChI is InChI=1S/C15H8F24O2/c16-5(17,1-4(41,3-40)2-6(18,19)20)7(21,22)8(23,24)9(25,26)10(27,28)11(29,30)12(31,32)13(33,34)14(35,36)15(37,38)39/h40-41H,1-3H2. The number of aliphatic hydroxyl groups excluding tert-OH is 1. The Morgan fingerprint density at radius 2 is 0.585 bits per heavy atom. The monoisotopic (exact) mass is 676 g/mol. The van der Waals surface area contributed by atoms with Crippen LogP contribution >= 0.6 is 0 Å². The molecule has 1 unspecified atom stereocenters. The largest absolute Gasteiger partial charge is 0.460 e. The molecule has 0 aliphatic rings. The summed E-state index contributed by atoms with van der Waals surface area (Å²) in [6, 6.07) is 0. The molecule has 0 saturated heterocycles. The molecule has 26 heteroatoms. The van der Waals surface area contributed by atoms with E-state index < -0.39 is 90.7 Å². The van der Waals surface area contributed by atoms with Crippen molar-refractivity contribution in [3.8, 4) is 0 Å². The number of aliphatic hydroxyl groups is 2. The number of halogens is 24. The van der Waals surface area contributed by atoms with Crippen molar-refractivity contribution in [3.05, 3.63) is 0 Å². The summed E-state index contributed by atoms with van der Waals surface area (Å²) in [7, 11) is 0. The molecule has 2 nitrogen and oxygen atoms in total. The quantitative estimate of drug-likeness (QED) is 0.213. The Bertz CT molecular complexity index is 928. The molecular formula is C15H8F24O2. The van der Waals surface area contributed by atoms with Crippen LogP contribution in [-0.4, -0.2) is 88.1 Å².